The van der Waals surface area contributed by atoms with Crippen molar-refractivity contribution in [3.63, 3.8) is 0 Å². The van der Waals surface area contributed by atoms with Gasteiger partial charge in [0.25, 0.3) is 0 Å². The molecule has 2 aliphatic rings. The predicted molar refractivity (Wildman–Crippen MR) is 106 cm³/mol. The summed E-state index contributed by atoms with van der Waals surface area (Å²) in [6.45, 7) is 0. The maximum atomic E-state index is 11.8. The number of benzene rings is 2. The Hall–Kier alpha value is -2.99. The first kappa shape index (κ1) is 18.4. The molecule has 0 spiro atoms. The van der Waals surface area contributed by atoms with Gasteiger partial charge in [-0.25, -0.2) is 0 Å². The average Bonchev–Trinajstić information content (AvgIpc) is 2.71. The van der Waals surface area contributed by atoms with Crippen LogP contribution in [0.25, 0.3) is 5.57 Å². The molecule has 0 amide bonds. The third-order valence-corrected chi connectivity index (χ3v) is 5.25. The van der Waals surface area contributed by atoms with Crippen molar-refractivity contribution < 1.29 is 24.1 Å². The Balaban J connectivity index is 2.00. The third-order valence-electron chi connectivity index (χ3n) is 4.76. The van der Waals surface area contributed by atoms with Crippen LogP contribution < -0.4 is 14.6 Å². The highest BCUT2D eigenvalue weighted by Crippen LogP contribution is 2.44. The van der Waals surface area contributed by atoms with Gasteiger partial charge in [0, 0.05) is 38.9 Å². The minimum Gasteiger partial charge on any atom is -0.545 e. The highest BCUT2D eigenvalue weighted by molar-refractivity contribution is 9.10. The summed E-state index contributed by atoms with van der Waals surface area (Å²) in [4.78, 5) is 11.8. The van der Waals surface area contributed by atoms with E-state index in [4.69, 9.17) is 14.2 Å². The highest BCUT2D eigenvalue weighted by Gasteiger charge is 2.30. The van der Waals surface area contributed by atoms with E-state index < -0.39 is 12.1 Å². The molecule has 1 atom stereocenters. The summed E-state index contributed by atoms with van der Waals surface area (Å²) in [6.07, 6.45) is 5.18. The first-order chi connectivity index (χ1) is 13.5. The molecule has 1 unspecified atom stereocenters. The molecular weight excluding hydrogens is 424 g/mol. The van der Waals surface area contributed by atoms with Gasteiger partial charge in [-0.1, -0.05) is 28.1 Å². The van der Waals surface area contributed by atoms with Crippen LogP contribution in [0.1, 0.15) is 21.5 Å². The molecule has 0 aromatic heterocycles. The Labute approximate surface area is 170 Å². The molecule has 0 fully saturated rings. The van der Waals surface area contributed by atoms with Gasteiger partial charge in [0.1, 0.15) is 23.4 Å². The van der Waals surface area contributed by atoms with Gasteiger partial charge < -0.3 is 24.1 Å². The number of halogens is 1. The Kier molecular flexibility index (Phi) is 4.73. The van der Waals surface area contributed by atoms with E-state index in [0.29, 0.717) is 27.3 Å². The minimum atomic E-state index is -1.24. The summed E-state index contributed by atoms with van der Waals surface area (Å²) < 4.78 is 17.5. The molecule has 0 N–H and O–H groups in total. The predicted octanol–water partition coefficient (Wildman–Crippen LogP) is 3.48. The van der Waals surface area contributed by atoms with Gasteiger partial charge in [-0.3, -0.25) is 0 Å². The number of rotatable bonds is 4. The molecule has 1 aliphatic carbocycles. The second kappa shape index (κ2) is 7.20. The normalized spacial score (nSPS) is 17.2. The number of methoxy groups -OCH3 is 2. The Morgan fingerprint density at radius 2 is 1.86 bits per heavy atom. The summed E-state index contributed by atoms with van der Waals surface area (Å²) in [7, 11) is 3.18. The van der Waals surface area contributed by atoms with Crippen molar-refractivity contribution in [3.8, 4) is 11.5 Å². The van der Waals surface area contributed by atoms with Crippen molar-refractivity contribution in [2.75, 3.05) is 14.2 Å². The quantitative estimate of drug-likeness (QED) is 0.729. The zero-order valence-corrected chi connectivity index (χ0v) is 16.8. The molecule has 2 aromatic carbocycles. The van der Waals surface area contributed by atoms with Gasteiger partial charge in [-0.2, -0.15) is 0 Å². The Morgan fingerprint density at radius 3 is 2.57 bits per heavy atom. The number of hydrogen-bond acceptors (Lipinski definition) is 5. The average molecular weight is 440 g/mol. The SMILES string of the molecule is COC1=CC2Oc3cc(OC)ccc3C(c3ccc(Br)cc3C(=O)[O-])=C2C=C1. The molecule has 0 saturated heterocycles. The number of hydrogen-bond donors (Lipinski definition) is 0. The molecule has 142 valence electrons. The second-order valence-electron chi connectivity index (χ2n) is 6.31. The van der Waals surface area contributed by atoms with E-state index in [1.54, 1.807) is 32.4 Å². The van der Waals surface area contributed by atoms with Gasteiger partial charge in [0.2, 0.25) is 0 Å². The fraction of sp³-hybridized carbons (Fsp3) is 0.136. The second-order valence-corrected chi connectivity index (χ2v) is 7.23. The Bertz CT molecular complexity index is 1060. The van der Waals surface area contributed by atoms with Crippen LogP contribution >= 0.6 is 15.9 Å². The van der Waals surface area contributed by atoms with E-state index in [2.05, 4.69) is 15.9 Å². The first-order valence-corrected chi connectivity index (χ1v) is 9.35. The van der Waals surface area contributed by atoms with Crippen molar-refractivity contribution in [2.24, 2.45) is 0 Å². The first-order valence-electron chi connectivity index (χ1n) is 8.56. The van der Waals surface area contributed by atoms with Gasteiger partial charge in [0.15, 0.2) is 0 Å². The van der Waals surface area contributed by atoms with E-state index >= 15 is 0 Å². The van der Waals surface area contributed by atoms with Crippen LogP contribution in [0, 0.1) is 0 Å². The summed E-state index contributed by atoms with van der Waals surface area (Å²) in [6, 6.07) is 10.6. The van der Waals surface area contributed by atoms with E-state index in [-0.39, 0.29) is 5.56 Å². The van der Waals surface area contributed by atoms with Crippen molar-refractivity contribution in [3.05, 3.63) is 87.1 Å². The van der Waals surface area contributed by atoms with Crippen LogP contribution in [0.4, 0.5) is 0 Å². The molecule has 28 heavy (non-hydrogen) atoms. The van der Waals surface area contributed by atoms with Crippen LogP contribution in [-0.2, 0) is 4.74 Å². The van der Waals surface area contributed by atoms with Gasteiger partial charge in [-0.05, 0) is 35.9 Å². The molecule has 2 aromatic rings. The molecule has 1 aliphatic heterocycles. The number of carbonyl (C=O) groups excluding carboxylic acids is 1. The lowest BCUT2D eigenvalue weighted by Crippen LogP contribution is -2.27. The van der Waals surface area contributed by atoms with Crippen LogP contribution in [0.15, 0.2) is 70.4 Å². The fourth-order valence-corrected chi connectivity index (χ4v) is 3.81. The number of carboxylic acids is 1. The number of allylic oxidation sites excluding steroid dienone is 1. The van der Waals surface area contributed by atoms with E-state index in [9.17, 15) is 9.90 Å². The van der Waals surface area contributed by atoms with Gasteiger partial charge in [-0.15, -0.1) is 0 Å². The monoisotopic (exact) mass is 439 g/mol. The fourth-order valence-electron chi connectivity index (χ4n) is 3.45. The van der Waals surface area contributed by atoms with E-state index in [1.165, 1.54) is 0 Å². The van der Waals surface area contributed by atoms with Crippen LogP contribution in [0.2, 0.25) is 0 Å². The van der Waals surface area contributed by atoms with Crippen LogP contribution in [0.3, 0.4) is 0 Å². The number of carbonyl (C=O) groups is 1. The molecule has 0 saturated carbocycles. The zero-order valence-electron chi connectivity index (χ0n) is 15.2. The van der Waals surface area contributed by atoms with Crippen molar-refractivity contribution in [1.82, 2.24) is 0 Å². The lowest BCUT2D eigenvalue weighted by Gasteiger charge is -2.31. The van der Waals surface area contributed by atoms with Crippen LogP contribution in [-0.4, -0.2) is 26.3 Å². The standard InChI is InChI=1S/C22H17BrO5/c1-26-13-4-7-16-19(10-13)28-20-11-14(27-2)5-8-17(20)21(16)15-6-3-12(23)9-18(15)22(24)25/h3-11,19H,1-2H3,(H,24,25)/p-1. The van der Waals surface area contributed by atoms with E-state index in [1.807, 2.05) is 36.4 Å². The zero-order chi connectivity index (χ0) is 19.8. The highest BCUT2D eigenvalue weighted by atomic mass is 79.9. The lowest BCUT2D eigenvalue weighted by molar-refractivity contribution is -0.255. The largest absolute Gasteiger partial charge is 0.545 e. The van der Waals surface area contributed by atoms with E-state index in [0.717, 1.165) is 16.7 Å². The summed E-state index contributed by atoms with van der Waals surface area (Å²) in [5, 5.41) is 11.8. The molecular formula is C22H16BrO5-. The van der Waals surface area contributed by atoms with Gasteiger partial charge in [0.05, 0.1) is 20.2 Å². The molecule has 0 bridgehead atoms. The molecule has 5 nitrogen and oxygen atoms in total. The smallest absolute Gasteiger partial charge is 0.146 e. The summed E-state index contributed by atoms with van der Waals surface area (Å²) >= 11 is 3.34. The molecule has 6 heteroatoms. The lowest BCUT2D eigenvalue weighted by atomic mass is 9.84. The topological polar surface area (TPSA) is 67.8 Å². The summed E-state index contributed by atoms with van der Waals surface area (Å²) in [5.41, 5.74) is 3.09. The number of carboxylic acid groups (broad SMARTS) is 1. The van der Waals surface area contributed by atoms with Crippen molar-refractivity contribution >= 4 is 27.5 Å². The molecule has 4 rings (SSSR count). The molecule has 0 radical (unpaired) electrons. The van der Waals surface area contributed by atoms with Gasteiger partial charge >= 0.3 is 0 Å². The number of aromatic carboxylic acids is 1. The van der Waals surface area contributed by atoms with Crippen molar-refractivity contribution in [1.29, 1.82) is 0 Å². The third kappa shape index (κ3) is 3.10. The molecule has 1 heterocycles. The maximum Gasteiger partial charge on any atom is 0.146 e. The minimum absolute atomic E-state index is 0.106. The maximum absolute atomic E-state index is 11.8. The number of fused-ring (bicyclic) bond motifs is 2. The number of ether oxygens (including phenoxy) is 3. The van der Waals surface area contributed by atoms with Crippen LogP contribution in [0.5, 0.6) is 11.5 Å². The Morgan fingerprint density at radius 1 is 1.07 bits per heavy atom. The summed E-state index contributed by atoms with van der Waals surface area (Å²) in [5.74, 6) is 0.697. The van der Waals surface area contributed by atoms with Crippen molar-refractivity contribution in [2.45, 2.75) is 6.10 Å².